The second-order valence-electron chi connectivity index (χ2n) is 3.73. The van der Waals surface area contributed by atoms with E-state index in [0.29, 0.717) is 5.02 Å². The summed E-state index contributed by atoms with van der Waals surface area (Å²) in [7, 11) is 0. The maximum atomic E-state index is 10.4. The van der Waals surface area contributed by atoms with Crippen molar-refractivity contribution >= 4 is 45.5 Å². The van der Waals surface area contributed by atoms with Crippen LogP contribution in [0.5, 0.6) is 0 Å². The molecule has 1 heterocycles. The summed E-state index contributed by atoms with van der Waals surface area (Å²) < 4.78 is 1.03. The van der Waals surface area contributed by atoms with Crippen LogP contribution in [-0.4, -0.2) is 5.11 Å². The third-order valence-corrected chi connectivity index (χ3v) is 5.05. The Labute approximate surface area is 124 Å². The molecular weight excluding hydrogens is 367 g/mol. The van der Waals surface area contributed by atoms with E-state index >= 15 is 0 Å². The first-order chi connectivity index (χ1) is 8.11. The molecule has 0 amide bonds. The van der Waals surface area contributed by atoms with E-state index in [4.69, 9.17) is 11.6 Å². The Hall–Kier alpha value is -0.100. The number of hydrogen-bond acceptors (Lipinski definition) is 2. The lowest BCUT2D eigenvalue weighted by Crippen LogP contribution is -1.99. The van der Waals surface area contributed by atoms with Gasteiger partial charge < -0.3 is 5.11 Å². The van der Waals surface area contributed by atoms with E-state index in [-0.39, 0.29) is 0 Å². The number of rotatable bonds is 3. The van der Waals surface area contributed by atoms with Gasteiger partial charge in [0, 0.05) is 23.9 Å². The molecule has 1 N–H and O–H groups in total. The van der Waals surface area contributed by atoms with Crippen LogP contribution in [0.25, 0.3) is 0 Å². The molecule has 0 radical (unpaired) electrons. The molecular formula is C13H12ClIOS. The van der Waals surface area contributed by atoms with E-state index in [0.717, 1.165) is 20.4 Å². The second-order valence-corrected chi connectivity index (χ2v) is 6.52. The molecule has 1 aromatic carbocycles. The molecule has 0 aliphatic carbocycles. The molecule has 2 aromatic rings. The predicted molar refractivity (Wildman–Crippen MR) is 81.9 cm³/mol. The molecule has 17 heavy (non-hydrogen) atoms. The average Bonchev–Trinajstić information content (AvgIpc) is 2.80. The lowest BCUT2D eigenvalue weighted by atomic mass is 10.1. The summed E-state index contributed by atoms with van der Waals surface area (Å²) in [4.78, 5) is 2.26. The van der Waals surface area contributed by atoms with Crippen LogP contribution in [0.15, 0.2) is 30.3 Å². The Morgan fingerprint density at radius 1 is 1.35 bits per heavy atom. The van der Waals surface area contributed by atoms with Gasteiger partial charge in [0.2, 0.25) is 0 Å². The lowest BCUT2D eigenvalue weighted by Gasteiger charge is -2.11. The van der Waals surface area contributed by atoms with E-state index in [1.54, 1.807) is 11.3 Å². The van der Waals surface area contributed by atoms with Crippen molar-refractivity contribution < 1.29 is 5.11 Å². The summed E-state index contributed by atoms with van der Waals surface area (Å²) in [5.41, 5.74) is 0.877. The molecule has 1 nitrogen and oxygen atoms in total. The third-order valence-electron chi connectivity index (χ3n) is 2.55. The number of aliphatic hydroxyl groups excluding tert-OH is 1. The van der Waals surface area contributed by atoms with Gasteiger partial charge >= 0.3 is 0 Å². The zero-order chi connectivity index (χ0) is 12.4. The topological polar surface area (TPSA) is 20.2 Å². The number of hydrogen-bond donors (Lipinski definition) is 1. The Kier molecular flexibility index (Phi) is 4.47. The monoisotopic (exact) mass is 378 g/mol. The summed E-state index contributed by atoms with van der Waals surface area (Å²) in [5, 5.41) is 11.0. The molecule has 1 atom stereocenters. The van der Waals surface area contributed by atoms with Crippen LogP contribution >= 0.6 is 45.5 Å². The van der Waals surface area contributed by atoms with Crippen LogP contribution in [0.3, 0.4) is 0 Å². The minimum atomic E-state index is -0.578. The number of benzene rings is 1. The molecule has 0 fully saturated rings. The number of aliphatic hydroxyl groups is 1. The summed E-state index contributed by atoms with van der Waals surface area (Å²) >= 11 is 9.84. The van der Waals surface area contributed by atoms with Crippen LogP contribution in [0, 0.1) is 3.57 Å². The van der Waals surface area contributed by atoms with E-state index in [9.17, 15) is 5.11 Å². The van der Waals surface area contributed by atoms with Crippen LogP contribution in [0.2, 0.25) is 5.02 Å². The lowest BCUT2D eigenvalue weighted by molar-refractivity contribution is 0.223. The largest absolute Gasteiger partial charge is 0.383 e. The second kappa shape index (κ2) is 5.69. The molecule has 0 saturated heterocycles. The van der Waals surface area contributed by atoms with E-state index in [2.05, 4.69) is 35.6 Å². The predicted octanol–water partition coefficient (Wildman–Crippen LogP) is 4.65. The van der Waals surface area contributed by atoms with E-state index < -0.39 is 6.10 Å². The van der Waals surface area contributed by atoms with Crippen molar-refractivity contribution in [2.75, 3.05) is 0 Å². The third kappa shape index (κ3) is 3.02. The molecule has 4 heteroatoms. The molecule has 0 aliphatic heterocycles. The first-order valence-corrected chi connectivity index (χ1v) is 7.60. The van der Waals surface area contributed by atoms with Gasteiger partial charge in [-0.1, -0.05) is 18.5 Å². The van der Waals surface area contributed by atoms with Crippen molar-refractivity contribution in [3.05, 3.63) is 54.2 Å². The van der Waals surface area contributed by atoms with Gasteiger partial charge in [0.05, 0.1) is 0 Å². The van der Waals surface area contributed by atoms with Gasteiger partial charge in [0.1, 0.15) is 6.10 Å². The van der Waals surface area contributed by atoms with Gasteiger partial charge in [-0.05, 0) is 59.3 Å². The molecule has 0 bridgehead atoms. The summed E-state index contributed by atoms with van der Waals surface area (Å²) in [6, 6.07) is 9.66. The zero-order valence-corrected chi connectivity index (χ0v) is 13.0. The SMILES string of the molecule is CCc1ccc(C(O)c2cc(Cl)ccc2I)s1. The van der Waals surface area contributed by atoms with Crippen LogP contribution in [0.1, 0.15) is 28.3 Å². The Balaban J connectivity index is 2.35. The number of aryl methyl sites for hydroxylation is 1. The van der Waals surface area contributed by atoms with Crippen molar-refractivity contribution in [2.24, 2.45) is 0 Å². The van der Waals surface area contributed by atoms with E-state index in [1.807, 2.05) is 24.3 Å². The van der Waals surface area contributed by atoms with Crippen LogP contribution < -0.4 is 0 Å². The van der Waals surface area contributed by atoms with Crippen molar-refractivity contribution in [1.82, 2.24) is 0 Å². The van der Waals surface area contributed by atoms with Gasteiger partial charge in [0.15, 0.2) is 0 Å². The highest BCUT2D eigenvalue weighted by Gasteiger charge is 2.16. The fraction of sp³-hybridized carbons (Fsp3) is 0.231. The molecule has 0 aliphatic rings. The number of thiophene rings is 1. The normalized spacial score (nSPS) is 12.7. The van der Waals surface area contributed by atoms with Crippen molar-refractivity contribution in [2.45, 2.75) is 19.4 Å². The average molecular weight is 379 g/mol. The minimum Gasteiger partial charge on any atom is -0.383 e. The maximum absolute atomic E-state index is 10.4. The summed E-state index contributed by atoms with van der Waals surface area (Å²) in [6.45, 7) is 2.12. The van der Waals surface area contributed by atoms with Crippen molar-refractivity contribution in [1.29, 1.82) is 0 Å². The quantitative estimate of drug-likeness (QED) is 0.771. The highest BCUT2D eigenvalue weighted by molar-refractivity contribution is 14.1. The minimum absolute atomic E-state index is 0.578. The Morgan fingerprint density at radius 2 is 2.12 bits per heavy atom. The highest BCUT2D eigenvalue weighted by Crippen LogP contribution is 2.32. The van der Waals surface area contributed by atoms with Gasteiger partial charge in [0.25, 0.3) is 0 Å². The van der Waals surface area contributed by atoms with Crippen LogP contribution in [-0.2, 0) is 6.42 Å². The Morgan fingerprint density at radius 3 is 2.76 bits per heavy atom. The molecule has 0 saturated carbocycles. The van der Waals surface area contributed by atoms with Gasteiger partial charge in [-0.25, -0.2) is 0 Å². The van der Waals surface area contributed by atoms with E-state index in [1.165, 1.54) is 4.88 Å². The first kappa shape index (κ1) is 13.3. The zero-order valence-electron chi connectivity index (χ0n) is 9.28. The van der Waals surface area contributed by atoms with Crippen molar-refractivity contribution in [3.63, 3.8) is 0 Å². The maximum Gasteiger partial charge on any atom is 0.114 e. The fourth-order valence-electron chi connectivity index (χ4n) is 1.61. The first-order valence-electron chi connectivity index (χ1n) is 5.33. The van der Waals surface area contributed by atoms with Gasteiger partial charge in [-0.3, -0.25) is 0 Å². The summed E-state index contributed by atoms with van der Waals surface area (Å²) in [6.07, 6.45) is 0.426. The summed E-state index contributed by atoms with van der Waals surface area (Å²) in [5.74, 6) is 0. The smallest absolute Gasteiger partial charge is 0.114 e. The molecule has 1 unspecified atom stereocenters. The van der Waals surface area contributed by atoms with Gasteiger partial charge in [-0.2, -0.15) is 0 Å². The van der Waals surface area contributed by atoms with Crippen LogP contribution in [0.4, 0.5) is 0 Å². The molecule has 2 rings (SSSR count). The van der Waals surface area contributed by atoms with Gasteiger partial charge in [-0.15, -0.1) is 11.3 Å². The standard InChI is InChI=1S/C13H12ClIOS/c1-2-9-4-6-12(17-9)13(16)10-7-8(14)3-5-11(10)15/h3-7,13,16H,2H2,1H3. The molecule has 0 spiro atoms. The highest BCUT2D eigenvalue weighted by atomic mass is 127. The molecule has 90 valence electrons. The molecule has 1 aromatic heterocycles. The fourth-order valence-corrected chi connectivity index (χ4v) is 3.38. The Bertz CT molecular complexity index is 524. The van der Waals surface area contributed by atoms with Crippen molar-refractivity contribution in [3.8, 4) is 0 Å². The number of halogens is 2.